The van der Waals surface area contributed by atoms with E-state index in [0.29, 0.717) is 12.5 Å². The maximum absolute atomic E-state index is 6.10. The molecule has 0 bridgehead atoms. The van der Waals surface area contributed by atoms with Crippen LogP contribution in [-0.2, 0) is 13.1 Å². The molecule has 2 rings (SSSR count). The van der Waals surface area contributed by atoms with Gasteiger partial charge in [-0.1, -0.05) is 60.7 Å². The number of nitrogens with two attached hydrogens (primary N) is 1. The first-order chi connectivity index (χ1) is 9.79. The second kappa shape index (κ2) is 7.34. The predicted octanol–water partition coefficient (Wildman–Crippen LogP) is 3.02. The molecule has 0 unspecified atom stereocenters. The van der Waals surface area contributed by atoms with E-state index < -0.39 is 0 Å². The molecular weight excluding hydrogens is 246 g/mol. The first kappa shape index (κ1) is 14.1. The fourth-order valence-electron chi connectivity index (χ4n) is 2.09. The quantitative estimate of drug-likeness (QED) is 0.668. The zero-order valence-electron chi connectivity index (χ0n) is 11.9. The summed E-state index contributed by atoms with van der Waals surface area (Å²) >= 11 is 0. The van der Waals surface area contributed by atoms with Gasteiger partial charge >= 0.3 is 0 Å². The first-order valence-corrected chi connectivity index (χ1v) is 6.92. The van der Waals surface area contributed by atoms with E-state index in [0.717, 1.165) is 13.1 Å². The van der Waals surface area contributed by atoms with Crippen molar-refractivity contribution in [3.8, 4) is 0 Å². The summed E-state index contributed by atoms with van der Waals surface area (Å²) in [5, 5.41) is 0. The molecule has 2 aromatic carbocycles. The second-order valence-corrected chi connectivity index (χ2v) is 4.66. The number of benzene rings is 2. The summed E-state index contributed by atoms with van der Waals surface area (Å²) in [4.78, 5) is 6.44. The Bertz CT molecular complexity index is 493. The fraction of sp³-hybridized carbons (Fsp3) is 0.235. The van der Waals surface area contributed by atoms with Crippen LogP contribution in [0.1, 0.15) is 18.1 Å². The molecule has 0 aromatic heterocycles. The largest absolute Gasteiger partial charge is 0.370 e. The van der Waals surface area contributed by atoms with Crippen molar-refractivity contribution < 1.29 is 0 Å². The van der Waals surface area contributed by atoms with E-state index in [9.17, 15) is 0 Å². The lowest BCUT2D eigenvalue weighted by Gasteiger charge is -2.24. The lowest BCUT2D eigenvalue weighted by atomic mass is 10.2. The van der Waals surface area contributed by atoms with Crippen LogP contribution in [0.4, 0.5) is 0 Å². The van der Waals surface area contributed by atoms with Gasteiger partial charge in [0.15, 0.2) is 5.96 Å². The number of nitrogens with zero attached hydrogens (tertiary/aromatic N) is 2. The molecule has 0 amide bonds. The molecule has 2 aromatic rings. The summed E-state index contributed by atoms with van der Waals surface area (Å²) in [7, 11) is 0. The predicted molar refractivity (Wildman–Crippen MR) is 84.3 cm³/mol. The normalized spacial score (nSPS) is 11.3. The summed E-state index contributed by atoms with van der Waals surface area (Å²) in [5.74, 6) is 0.597. The van der Waals surface area contributed by atoms with Gasteiger partial charge in [0, 0.05) is 19.6 Å². The van der Waals surface area contributed by atoms with Gasteiger partial charge in [-0.05, 0) is 18.1 Å². The molecule has 0 radical (unpaired) electrons. The smallest absolute Gasteiger partial charge is 0.191 e. The minimum atomic E-state index is 0.597. The Morgan fingerprint density at radius 3 is 1.75 bits per heavy atom. The molecule has 3 nitrogen and oxygen atoms in total. The van der Waals surface area contributed by atoms with Gasteiger partial charge in [0.05, 0.1) is 0 Å². The third-order valence-corrected chi connectivity index (χ3v) is 3.08. The van der Waals surface area contributed by atoms with Crippen LogP contribution in [0.15, 0.2) is 65.7 Å². The summed E-state index contributed by atoms with van der Waals surface area (Å²) in [6, 6.07) is 20.7. The van der Waals surface area contributed by atoms with E-state index in [1.165, 1.54) is 11.1 Å². The van der Waals surface area contributed by atoms with Crippen molar-refractivity contribution in [1.29, 1.82) is 0 Å². The Morgan fingerprint density at radius 2 is 1.35 bits per heavy atom. The standard InChI is InChI=1S/C17H21N3/c1-2-19-17(18)20(13-15-9-5-3-6-10-15)14-16-11-7-4-8-12-16/h3-12H,2,13-14H2,1H3,(H2,18,19). The third-order valence-electron chi connectivity index (χ3n) is 3.08. The molecule has 0 spiro atoms. The van der Waals surface area contributed by atoms with E-state index in [2.05, 4.69) is 34.2 Å². The van der Waals surface area contributed by atoms with Crippen molar-refractivity contribution in [3.05, 3.63) is 71.8 Å². The minimum absolute atomic E-state index is 0.597. The fourth-order valence-corrected chi connectivity index (χ4v) is 2.09. The van der Waals surface area contributed by atoms with E-state index in [1.807, 2.05) is 43.3 Å². The van der Waals surface area contributed by atoms with Crippen LogP contribution >= 0.6 is 0 Å². The summed E-state index contributed by atoms with van der Waals surface area (Å²) in [6.45, 7) is 4.23. The Hall–Kier alpha value is -2.29. The minimum Gasteiger partial charge on any atom is -0.370 e. The summed E-state index contributed by atoms with van der Waals surface area (Å²) < 4.78 is 0. The van der Waals surface area contributed by atoms with Gasteiger partial charge in [-0.15, -0.1) is 0 Å². The molecule has 0 heterocycles. The molecular formula is C17H21N3. The average Bonchev–Trinajstić information content (AvgIpc) is 2.49. The molecule has 0 aliphatic rings. The topological polar surface area (TPSA) is 41.6 Å². The van der Waals surface area contributed by atoms with Crippen molar-refractivity contribution >= 4 is 5.96 Å². The molecule has 0 aliphatic heterocycles. The molecule has 0 aliphatic carbocycles. The van der Waals surface area contributed by atoms with Gasteiger partial charge in [-0.3, -0.25) is 4.99 Å². The highest BCUT2D eigenvalue weighted by molar-refractivity contribution is 5.78. The highest BCUT2D eigenvalue weighted by Gasteiger charge is 2.09. The van der Waals surface area contributed by atoms with Crippen LogP contribution < -0.4 is 5.73 Å². The highest BCUT2D eigenvalue weighted by Crippen LogP contribution is 2.09. The first-order valence-electron chi connectivity index (χ1n) is 6.92. The molecule has 0 atom stereocenters. The molecule has 20 heavy (non-hydrogen) atoms. The van der Waals surface area contributed by atoms with Crippen molar-refractivity contribution in [2.75, 3.05) is 6.54 Å². The Balaban J connectivity index is 2.15. The van der Waals surface area contributed by atoms with Gasteiger partial charge < -0.3 is 10.6 Å². The number of aliphatic imine (C=N–C) groups is 1. The van der Waals surface area contributed by atoms with Crippen LogP contribution in [-0.4, -0.2) is 17.4 Å². The Labute approximate surface area is 120 Å². The van der Waals surface area contributed by atoms with Crippen LogP contribution in [0.5, 0.6) is 0 Å². The zero-order chi connectivity index (χ0) is 14.2. The van der Waals surface area contributed by atoms with Gasteiger partial charge in [-0.2, -0.15) is 0 Å². The SMILES string of the molecule is CCN=C(N)N(Cc1ccccc1)Cc1ccccc1. The molecule has 2 N–H and O–H groups in total. The monoisotopic (exact) mass is 267 g/mol. The highest BCUT2D eigenvalue weighted by atomic mass is 15.2. The maximum Gasteiger partial charge on any atom is 0.191 e. The number of hydrogen-bond donors (Lipinski definition) is 1. The maximum atomic E-state index is 6.10. The van der Waals surface area contributed by atoms with Crippen molar-refractivity contribution in [3.63, 3.8) is 0 Å². The summed E-state index contributed by atoms with van der Waals surface area (Å²) in [5.41, 5.74) is 8.57. The Kier molecular flexibility index (Phi) is 5.18. The second-order valence-electron chi connectivity index (χ2n) is 4.66. The average molecular weight is 267 g/mol. The summed E-state index contributed by atoms with van der Waals surface area (Å²) in [6.07, 6.45) is 0. The zero-order valence-corrected chi connectivity index (χ0v) is 11.9. The molecule has 0 fully saturated rings. The van der Waals surface area contributed by atoms with E-state index >= 15 is 0 Å². The van der Waals surface area contributed by atoms with E-state index in [1.54, 1.807) is 0 Å². The van der Waals surface area contributed by atoms with Crippen LogP contribution in [0.2, 0.25) is 0 Å². The van der Waals surface area contributed by atoms with Gasteiger partial charge in [0.25, 0.3) is 0 Å². The van der Waals surface area contributed by atoms with Crippen LogP contribution in [0.3, 0.4) is 0 Å². The van der Waals surface area contributed by atoms with Gasteiger partial charge in [0.2, 0.25) is 0 Å². The molecule has 0 saturated heterocycles. The molecule has 3 heteroatoms. The lowest BCUT2D eigenvalue weighted by molar-refractivity contribution is 0.400. The van der Waals surface area contributed by atoms with Gasteiger partial charge in [0.1, 0.15) is 0 Å². The van der Waals surface area contributed by atoms with Gasteiger partial charge in [-0.25, -0.2) is 0 Å². The number of guanidine groups is 1. The molecule has 104 valence electrons. The van der Waals surface area contributed by atoms with E-state index in [-0.39, 0.29) is 0 Å². The number of rotatable bonds is 5. The van der Waals surface area contributed by atoms with E-state index in [4.69, 9.17) is 5.73 Å². The Morgan fingerprint density at radius 1 is 0.900 bits per heavy atom. The van der Waals surface area contributed by atoms with Crippen molar-refractivity contribution in [2.45, 2.75) is 20.0 Å². The van der Waals surface area contributed by atoms with Crippen LogP contribution in [0, 0.1) is 0 Å². The third kappa shape index (κ3) is 4.12. The lowest BCUT2D eigenvalue weighted by Crippen LogP contribution is -2.36. The number of hydrogen-bond acceptors (Lipinski definition) is 1. The van der Waals surface area contributed by atoms with Crippen LogP contribution in [0.25, 0.3) is 0 Å². The van der Waals surface area contributed by atoms with Crippen molar-refractivity contribution in [2.24, 2.45) is 10.7 Å². The molecule has 0 saturated carbocycles. The van der Waals surface area contributed by atoms with Crippen molar-refractivity contribution in [1.82, 2.24) is 4.90 Å².